The third-order valence-corrected chi connectivity index (χ3v) is 30.9. The Hall–Kier alpha value is -3.52. The quantitative estimate of drug-likeness (QED) is 0.175. The summed E-state index contributed by atoms with van der Waals surface area (Å²) in [7, 11) is 0. The summed E-state index contributed by atoms with van der Waals surface area (Å²) >= 11 is -2.45. The summed E-state index contributed by atoms with van der Waals surface area (Å²) < 4.78 is 1.07. The Kier molecular flexibility index (Phi) is 9.22. The molecule has 0 fully saturated rings. The van der Waals surface area contributed by atoms with Crippen LogP contribution in [-0.4, -0.2) is 5.43 Å². The van der Waals surface area contributed by atoms with Gasteiger partial charge in [-0.05, 0) is 0 Å². The van der Waals surface area contributed by atoms with Gasteiger partial charge in [-0.3, -0.25) is 0 Å². The SMILES string of the molecule is CC1=Cc2c(-c3cc4ccccc4c4ccccc34)cccc2[CH]1/[Zr+2]([CH]1c2ccccc2-c2ccccc21)=[Si](/C)c1ccccc1.[Cl-].[Cl-]. The first-order chi connectivity index (χ1) is 22.7. The Morgan fingerprint density at radius 1 is 0.479 bits per heavy atom. The summed E-state index contributed by atoms with van der Waals surface area (Å²) in [6.45, 7) is 5.10. The summed E-state index contributed by atoms with van der Waals surface area (Å²) in [6.07, 6.45) is 2.58. The van der Waals surface area contributed by atoms with Crippen molar-refractivity contribution in [3.8, 4) is 22.3 Å². The molecule has 0 aromatic heterocycles. The first-order valence-corrected chi connectivity index (χ1v) is 24.9. The van der Waals surface area contributed by atoms with Gasteiger partial charge < -0.3 is 24.8 Å². The number of fused-ring (bicyclic) bond motifs is 7. The Morgan fingerprint density at radius 3 is 1.73 bits per heavy atom. The molecule has 0 amide bonds. The molecule has 0 saturated heterocycles. The Balaban J connectivity index is 0.00000182. The van der Waals surface area contributed by atoms with Gasteiger partial charge in [0.2, 0.25) is 0 Å². The normalized spacial score (nSPS) is 14.8. The number of halogens is 2. The van der Waals surface area contributed by atoms with Crippen molar-refractivity contribution in [2.45, 2.75) is 20.7 Å². The molecule has 9 rings (SSSR count). The van der Waals surface area contributed by atoms with Crippen molar-refractivity contribution < 1.29 is 45.2 Å². The van der Waals surface area contributed by atoms with E-state index in [1.807, 2.05) is 0 Å². The van der Waals surface area contributed by atoms with Gasteiger partial charge in [0.1, 0.15) is 0 Å². The van der Waals surface area contributed by atoms with Crippen LogP contribution in [0.1, 0.15) is 36.4 Å². The predicted molar refractivity (Wildman–Crippen MR) is 195 cm³/mol. The number of benzene rings is 7. The van der Waals surface area contributed by atoms with Crippen molar-refractivity contribution in [2.75, 3.05) is 0 Å². The van der Waals surface area contributed by atoms with Crippen molar-refractivity contribution in [1.82, 2.24) is 0 Å². The summed E-state index contributed by atoms with van der Waals surface area (Å²) in [5.74, 6) is 0. The zero-order chi connectivity index (χ0) is 30.8. The van der Waals surface area contributed by atoms with Gasteiger partial charge in [-0.15, -0.1) is 0 Å². The van der Waals surface area contributed by atoms with Gasteiger partial charge >= 0.3 is 281 Å². The molecular weight excluding hydrogens is 719 g/mol. The molecule has 0 saturated carbocycles. The van der Waals surface area contributed by atoms with Gasteiger partial charge in [-0.1, -0.05) is 0 Å². The van der Waals surface area contributed by atoms with E-state index in [0.29, 0.717) is 7.25 Å². The fourth-order valence-corrected chi connectivity index (χ4v) is 31.1. The Bertz CT molecular complexity index is 2360. The third-order valence-electron chi connectivity index (χ3n) is 10.4. The van der Waals surface area contributed by atoms with Crippen molar-refractivity contribution in [3.05, 3.63) is 179 Å². The van der Waals surface area contributed by atoms with Crippen LogP contribution >= 0.6 is 0 Å². The number of hydrogen-bond acceptors (Lipinski definition) is 0. The fourth-order valence-electron chi connectivity index (χ4n) is 8.42. The molecule has 2 aliphatic carbocycles. The first kappa shape index (κ1) is 33.0. The Labute approximate surface area is 303 Å². The molecule has 0 N–H and O–H groups in total. The maximum absolute atomic E-state index is 2.66. The third kappa shape index (κ3) is 5.21. The standard InChI is InChI=1S/C24H17.C13H9.C7H8Si.2ClH.Zr/c1-16-13-17-8-6-12-22(23(17)14-16)24-15-18-7-2-3-9-19(18)20-10-4-5-11-21(20)24;1-3-7-12-10(5-1)9-11-6-2-4-8-13(11)12;1-8-7-5-3-2-4-6-7;;;/h2-15H,1H3;1-9H;2-6H,1H3;2*1H;/q;;;;;+2/p-2. The molecule has 7 aromatic rings. The maximum Gasteiger partial charge on any atom is -1.00 e. The zero-order valence-electron chi connectivity index (χ0n) is 26.9. The summed E-state index contributed by atoms with van der Waals surface area (Å²) in [5, 5.41) is 6.91. The molecular formula is C44H34Cl2SiZr. The molecule has 0 spiro atoms. The molecule has 232 valence electrons. The molecule has 48 heavy (non-hydrogen) atoms. The summed E-state index contributed by atoms with van der Waals surface area (Å²) in [4.78, 5) is 0. The van der Waals surface area contributed by atoms with Crippen LogP contribution in [0, 0.1) is 0 Å². The second kappa shape index (κ2) is 13.4. The molecule has 0 bridgehead atoms. The summed E-state index contributed by atoms with van der Waals surface area (Å²) in [5.41, 5.74) is 12.6. The maximum atomic E-state index is 2.66. The van der Waals surface area contributed by atoms with Gasteiger partial charge in [-0.2, -0.15) is 0 Å². The summed E-state index contributed by atoms with van der Waals surface area (Å²) in [6, 6.07) is 57.7. The average Bonchev–Trinajstić information content (AvgIpc) is 3.63. The Morgan fingerprint density at radius 2 is 1.02 bits per heavy atom. The second-order valence-corrected chi connectivity index (χ2v) is 28.7. The van der Waals surface area contributed by atoms with Crippen LogP contribution < -0.4 is 30.0 Å². The van der Waals surface area contributed by atoms with Crippen LogP contribution in [0.3, 0.4) is 0 Å². The average molecular weight is 753 g/mol. The molecule has 0 aliphatic heterocycles. The van der Waals surface area contributed by atoms with E-state index in [2.05, 4.69) is 171 Å². The second-order valence-electron chi connectivity index (χ2n) is 12.9. The molecule has 0 heterocycles. The van der Waals surface area contributed by atoms with Crippen LogP contribution in [0.5, 0.6) is 0 Å². The molecule has 0 nitrogen and oxygen atoms in total. The van der Waals surface area contributed by atoms with E-state index >= 15 is 0 Å². The predicted octanol–water partition coefficient (Wildman–Crippen LogP) is 5.04. The van der Waals surface area contributed by atoms with E-state index in [1.165, 1.54) is 49.4 Å². The molecule has 4 heteroatoms. The van der Waals surface area contributed by atoms with Crippen LogP contribution in [0.4, 0.5) is 0 Å². The van der Waals surface area contributed by atoms with Crippen LogP contribution in [0.25, 0.3) is 49.9 Å². The molecule has 7 aromatic carbocycles. The van der Waals surface area contributed by atoms with Gasteiger partial charge in [0.05, 0.1) is 0 Å². The smallest absolute Gasteiger partial charge is 1.00 e. The van der Waals surface area contributed by atoms with Crippen molar-refractivity contribution in [3.63, 3.8) is 0 Å². The van der Waals surface area contributed by atoms with E-state index in [-0.39, 0.29) is 24.8 Å². The number of allylic oxidation sites excluding steroid dienone is 1. The minimum Gasteiger partial charge on any atom is -1.00 e. The fraction of sp³-hybridized carbons (Fsp3) is 0.0909. The first-order valence-electron chi connectivity index (χ1n) is 16.4. The van der Waals surface area contributed by atoms with Crippen LogP contribution in [0.2, 0.25) is 6.55 Å². The van der Waals surface area contributed by atoms with Crippen molar-refractivity contribution in [2.24, 2.45) is 0 Å². The number of hydrogen-bond donors (Lipinski definition) is 0. The zero-order valence-corrected chi connectivity index (χ0v) is 31.9. The van der Waals surface area contributed by atoms with E-state index in [4.69, 9.17) is 0 Å². The minimum atomic E-state index is -2.45. The largest absolute Gasteiger partial charge is 1.00 e. The van der Waals surface area contributed by atoms with Gasteiger partial charge in [0, 0.05) is 0 Å². The van der Waals surface area contributed by atoms with Crippen LogP contribution in [-0.2, 0) is 20.4 Å². The molecule has 1 unspecified atom stereocenters. The van der Waals surface area contributed by atoms with Crippen molar-refractivity contribution in [1.29, 1.82) is 0 Å². The van der Waals surface area contributed by atoms with Gasteiger partial charge in [0.25, 0.3) is 0 Å². The van der Waals surface area contributed by atoms with E-state index in [9.17, 15) is 0 Å². The molecule has 2 aliphatic rings. The van der Waals surface area contributed by atoms with Gasteiger partial charge in [0.15, 0.2) is 0 Å². The molecule has 1 atom stereocenters. The van der Waals surface area contributed by atoms with Gasteiger partial charge in [-0.25, -0.2) is 0 Å². The number of rotatable bonds is 4. The van der Waals surface area contributed by atoms with Crippen molar-refractivity contribution >= 4 is 38.2 Å². The van der Waals surface area contributed by atoms with E-state index in [0.717, 1.165) is 0 Å². The molecule has 0 radical (unpaired) electrons. The minimum absolute atomic E-state index is 0. The van der Waals surface area contributed by atoms with Crippen LogP contribution in [0.15, 0.2) is 157 Å². The topological polar surface area (TPSA) is 0 Å². The monoisotopic (exact) mass is 750 g/mol. The van der Waals surface area contributed by atoms with E-state index in [1.54, 1.807) is 27.5 Å². The van der Waals surface area contributed by atoms with E-state index < -0.39 is 25.8 Å².